The number of carbonyl (C=O) groups is 2. The molecule has 0 aliphatic carbocycles. The summed E-state index contributed by atoms with van der Waals surface area (Å²) >= 11 is 0. The van der Waals surface area contributed by atoms with Crippen molar-refractivity contribution in [2.45, 2.75) is 162 Å². The predicted molar refractivity (Wildman–Crippen MR) is 179 cm³/mol. The average Bonchev–Trinajstić information content (AvgIpc) is 3.49. The molecule has 0 aromatic rings. The molecule has 1 fully saturated rings. The predicted octanol–water partition coefficient (Wildman–Crippen LogP) is 8.45. The van der Waals surface area contributed by atoms with Crippen molar-refractivity contribution < 1.29 is 67.5 Å². The maximum Gasteiger partial charge on any atom is 0.292 e. The van der Waals surface area contributed by atoms with Crippen LogP contribution in [0.4, 0.5) is 0 Å². The smallest absolute Gasteiger partial charge is 0.292 e. The van der Waals surface area contributed by atoms with Gasteiger partial charge in [0.05, 0.1) is 25.8 Å². The van der Waals surface area contributed by atoms with Crippen molar-refractivity contribution in [1.29, 1.82) is 5.26 Å². The third-order valence-corrected chi connectivity index (χ3v) is 6.74. The minimum atomic E-state index is 0. The first-order valence-corrected chi connectivity index (χ1v) is 17.0. The fraction of sp³-hybridized carbons (Fsp3) is 0.882. The van der Waals surface area contributed by atoms with Crippen LogP contribution in [0.15, 0.2) is 0 Å². The van der Waals surface area contributed by atoms with Gasteiger partial charge in [0.25, 0.3) is 6.47 Å². The Morgan fingerprint density at radius 3 is 1.78 bits per heavy atom. The molecule has 1 rings (SSSR count). The molecule has 0 aromatic heterocycles. The molecule has 3 N–H and O–H groups in total. The Balaban J connectivity index is -0.000000300. The van der Waals surface area contributed by atoms with Crippen LogP contribution in [-0.2, 0) is 56.8 Å². The van der Waals surface area contributed by atoms with Crippen LogP contribution in [-0.4, -0.2) is 67.4 Å². The van der Waals surface area contributed by atoms with Crippen molar-refractivity contribution in [3.63, 3.8) is 0 Å². The number of hydrogen-bond acceptors (Lipinski definition) is 7. The van der Waals surface area contributed by atoms with Crippen LogP contribution in [0.25, 0.3) is 5.48 Å². The molecule has 0 spiro atoms. The fourth-order valence-corrected chi connectivity index (χ4v) is 4.50. The van der Waals surface area contributed by atoms with Crippen LogP contribution in [0.1, 0.15) is 156 Å². The number of ether oxygens (including phenoxy) is 1. The second-order valence-electron chi connectivity index (χ2n) is 10.9. The molecule has 0 aromatic carbocycles. The van der Waals surface area contributed by atoms with E-state index in [1.165, 1.54) is 97.0 Å². The first-order valence-electron chi connectivity index (χ1n) is 17.0. The molecule has 0 bridgehead atoms. The van der Waals surface area contributed by atoms with Gasteiger partial charge < -0.3 is 32.2 Å². The van der Waals surface area contributed by atoms with E-state index < -0.39 is 0 Å². The quantitative estimate of drug-likeness (QED) is 0.0345. The van der Waals surface area contributed by atoms with Crippen LogP contribution >= 0.6 is 0 Å². The number of likely N-dealkylation sites (tertiary alicyclic amines) is 1. The maximum atomic E-state index is 12.5. The minimum absolute atomic E-state index is 0. The first kappa shape index (κ1) is 53.8. The van der Waals surface area contributed by atoms with Gasteiger partial charge in [-0.15, -0.1) is 6.54 Å². The van der Waals surface area contributed by atoms with Crippen LogP contribution in [0.5, 0.6) is 0 Å². The van der Waals surface area contributed by atoms with Gasteiger partial charge in [-0.25, -0.2) is 9.78 Å². The van der Waals surface area contributed by atoms with Crippen LogP contribution in [0.3, 0.4) is 0 Å². The number of carbonyl (C=O) groups excluding carboxylic acids is 2. The van der Waals surface area contributed by atoms with Gasteiger partial charge in [0.15, 0.2) is 0 Å². The number of nitriles is 1. The summed E-state index contributed by atoms with van der Waals surface area (Å²) in [6.45, 7) is 11.0. The summed E-state index contributed by atoms with van der Waals surface area (Å²) in [4.78, 5) is 33.9. The molecule has 0 saturated carbocycles. The molecule has 45 heavy (non-hydrogen) atoms. The number of hydrogen-bond donors (Lipinski definition) is 1. The summed E-state index contributed by atoms with van der Waals surface area (Å²) in [5, 5.41) is 15.4. The molecule has 1 aliphatic rings. The van der Waals surface area contributed by atoms with Crippen molar-refractivity contribution in [2.75, 3.05) is 33.4 Å². The van der Waals surface area contributed by atoms with Gasteiger partial charge >= 0.3 is 0 Å². The third-order valence-electron chi connectivity index (χ3n) is 6.74. The average molecular weight is 721 g/mol. The van der Waals surface area contributed by atoms with Crippen molar-refractivity contribution in [3.8, 4) is 6.07 Å². The van der Waals surface area contributed by atoms with Crippen molar-refractivity contribution in [2.24, 2.45) is 0 Å². The molecular weight excluding hydrogens is 651 g/mol. The Hall–Kier alpha value is -0.666. The molecule has 1 amide bonds. The summed E-state index contributed by atoms with van der Waals surface area (Å²) in [5.74, 6) is 0.311. The van der Waals surface area contributed by atoms with Gasteiger partial charge in [-0.2, -0.15) is 19.1 Å². The number of hydroxylamine groups is 1. The van der Waals surface area contributed by atoms with Crippen LogP contribution in [0, 0.1) is 17.8 Å². The molecule has 11 heteroatoms. The summed E-state index contributed by atoms with van der Waals surface area (Å²) in [6, 6.07) is 2.03. The molecule has 1 atom stereocenters. The maximum absolute atomic E-state index is 12.5. The van der Waals surface area contributed by atoms with Crippen LogP contribution in [0.2, 0.25) is 0 Å². The number of unbranched alkanes of at least 4 members (excludes halogenated alkanes) is 14. The van der Waals surface area contributed by atoms with Gasteiger partial charge in [0.2, 0.25) is 5.91 Å². The zero-order valence-corrected chi connectivity index (χ0v) is 32.4. The summed E-state index contributed by atoms with van der Waals surface area (Å²) in [7, 11) is 1.31. The second-order valence-corrected chi connectivity index (χ2v) is 10.9. The standard InChI is InChI=1S/C26H51NO3.C3H5N2O.C3H7.C2H4O2.H2O.Y/c1-3-5-6-7-8-9-10-11-12-13-14-15-16-17-18-21-26(28)27-22-19-20-25(27)24-30-29-23-4-2;4-2-1-3-5-6;1-3-2;1-4-2-3;;/h25H,3-24H2,1-2H3;6H,1,3H2;3H,1-2H3;2H,1H3;1H2;/q;2*-1;;;. The SMILES string of the molecule is CCCCCCCCCCCCCCCCCC(=O)N1CCCC1COOCCC.COC=O.C[CH-]C.N#CCC[N-]O.O.[Y]. The molecule has 1 radical (unpaired) electrons. The Labute approximate surface area is 302 Å². The molecular formula is C34H69N3O7Y-2. The van der Waals surface area contributed by atoms with Crippen LogP contribution < -0.4 is 0 Å². The van der Waals surface area contributed by atoms with Crippen molar-refractivity contribution in [3.05, 3.63) is 11.9 Å². The third kappa shape index (κ3) is 45.5. The topological polar surface area (TPSA) is 155 Å². The molecule has 1 unspecified atom stereocenters. The number of methoxy groups -OCH3 is 1. The van der Waals surface area contributed by atoms with E-state index in [4.69, 9.17) is 25.0 Å². The monoisotopic (exact) mass is 720 g/mol. The zero-order chi connectivity index (χ0) is 32.7. The molecule has 1 saturated heterocycles. The van der Waals surface area contributed by atoms with E-state index in [2.05, 4.69) is 24.1 Å². The van der Waals surface area contributed by atoms with E-state index in [0.29, 0.717) is 38.4 Å². The minimum Gasteiger partial charge on any atom is -0.537 e. The van der Waals surface area contributed by atoms with Crippen molar-refractivity contribution >= 4 is 12.4 Å². The first-order chi connectivity index (χ1) is 21.0. The summed E-state index contributed by atoms with van der Waals surface area (Å²) < 4.78 is 3.86. The van der Waals surface area contributed by atoms with E-state index in [1.54, 1.807) is 0 Å². The van der Waals surface area contributed by atoms with E-state index in [0.717, 1.165) is 32.2 Å². The van der Waals surface area contributed by atoms with E-state index in [1.807, 2.05) is 31.2 Å². The van der Waals surface area contributed by atoms with Gasteiger partial charge in [0.1, 0.15) is 6.61 Å². The number of amides is 1. The van der Waals surface area contributed by atoms with Gasteiger partial charge in [-0.1, -0.05) is 104 Å². The molecule has 10 nitrogen and oxygen atoms in total. The fourth-order valence-electron chi connectivity index (χ4n) is 4.50. The van der Waals surface area contributed by atoms with E-state index in [9.17, 15) is 4.79 Å². The summed E-state index contributed by atoms with van der Waals surface area (Å²) in [6.07, 6.45) is 26.5. The molecule has 1 aliphatic heterocycles. The largest absolute Gasteiger partial charge is 0.537 e. The summed E-state index contributed by atoms with van der Waals surface area (Å²) in [5.41, 5.74) is 2.70. The number of nitrogens with zero attached hydrogens (tertiary/aromatic N) is 3. The molecule has 267 valence electrons. The van der Waals surface area contributed by atoms with E-state index >= 15 is 0 Å². The molecule has 1 heterocycles. The van der Waals surface area contributed by atoms with Gasteiger partial charge in [-0.3, -0.25) is 9.59 Å². The Kier molecular flexibility index (Phi) is 60.0. The van der Waals surface area contributed by atoms with Gasteiger partial charge in [-0.05, 0) is 25.7 Å². The van der Waals surface area contributed by atoms with Gasteiger partial charge in [0, 0.05) is 52.1 Å². The second kappa shape index (κ2) is 50.2. The van der Waals surface area contributed by atoms with E-state index in [-0.39, 0.29) is 50.8 Å². The Bertz CT molecular complexity index is 599. The number of rotatable bonds is 24. The zero-order valence-electron chi connectivity index (χ0n) is 29.6. The Morgan fingerprint density at radius 2 is 1.40 bits per heavy atom. The Morgan fingerprint density at radius 1 is 0.933 bits per heavy atom. The van der Waals surface area contributed by atoms with Crippen molar-refractivity contribution in [1.82, 2.24) is 4.90 Å². The normalized spacial score (nSPS) is 12.8.